The molecule has 0 saturated heterocycles. The van der Waals surface area contributed by atoms with Crippen molar-refractivity contribution in [3.05, 3.63) is 34.3 Å². The Labute approximate surface area is 119 Å². The van der Waals surface area contributed by atoms with Crippen molar-refractivity contribution in [2.75, 3.05) is 7.05 Å². The summed E-state index contributed by atoms with van der Waals surface area (Å²) in [6, 6.07) is 9.75. The lowest BCUT2D eigenvalue weighted by Gasteiger charge is -2.36. The van der Waals surface area contributed by atoms with Gasteiger partial charge in [-0.1, -0.05) is 40.9 Å². The standard InChI is InChI=1S/C15H23BrN2/c1-11(17)15(12-7-9-13(16)10-8-12)18(2)14-5-3-4-6-14/h7-11,14-15H,3-6,17H2,1-2H3. The first-order valence-corrected chi connectivity index (χ1v) is 7.62. The number of hydrogen-bond acceptors (Lipinski definition) is 2. The van der Waals surface area contributed by atoms with Crippen molar-refractivity contribution in [1.29, 1.82) is 0 Å². The smallest absolute Gasteiger partial charge is 0.0496 e. The molecule has 2 nitrogen and oxygen atoms in total. The van der Waals surface area contributed by atoms with Crippen LogP contribution in [0.15, 0.2) is 28.7 Å². The third kappa shape index (κ3) is 3.14. The van der Waals surface area contributed by atoms with Gasteiger partial charge in [0.1, 0.15) is 0 Å². The highest BCUT2D eigenvalue weighted by Crippen LogP contribution is 2.31. The number of rotatable bonds is 4. The summed E-state index contributed by atoms with van der Waals surface area (Å²) in [6.07, 6.45) is 5.36. The maximum atomic E-state index is 6.22. The molecule has 2 N–H and O–H groups in total. The Morgan fingerprint density at radius 3 is 2.28 bits per heavy atom. The van der Waals surface area contributed by atoms with E-state index in [-0.39, 0.29) is 6.04 Å². The first-order chi connectivity index (χ1) is 8.59. The van der Waals surface area contributed by atoms with Crippen molar-refractivity contribution in [3.63, 3.8) is 0 Å². The third-order valence-electron chi connectivity index (χ3n) is 4.05. The molecular formula is C15H23BrN2. The molecule has 0 radical (unpaired) electrons. The zero-order chi connectivity index (χ0) is 13.1. The van der Waals surface area contributed by atoms with Gasteiger partial charge in [0, 0.05) is 22.6 Å². The molecule has 2 rings (SSSR count). The average Bonchev–Trinajstić information content (AvgIpc) is 2.85. The minimum atomic E-state index is 0.150. The highest BCUT2D eigenvalue weighted by molar-refractivity contribution is 9.10. The first-order valence-electron chi connectivity index (χ1n) is 6.82. The minimum absolute atomic E-state index is 0.150. The molecule has 1 fully saturated rings. The zero-order valence-corrected chi connectivity index (χ0v) is 12.9. The van der Waals surface area contributed by atoms with Crippen LogP contribution in [0.5, 0.6) is 0 Å². The summed E-state index contributed by atoms with van der Waals surface area (Å²) >= 11 is 3.49. The summed E-state index contributed by atoms with van der Waals surface area (Å²) in [6.45, 7) is 2.11. The maximum Gasteiger partial charge on any atom is 0.0496 e. The van der Waals surface area contributed by atoms with E-state index in [1.807, 2.05) is 0 Å². The van der Waals surface area contributed by atoms with Crippen LogP contribution in [0, 0.1) is 0 Å². The normalized spacial score (nSPS) is 20.3. The Kier molecular flexibility index (Phi) is 4.82. The Hall–Kier alpha value is -0.380. The Morgan fingerprint density at radius 1 is 1.22 bits per heavy atom. The number of nitrogens with zero attached hydrogens (tertiary/aromatic N) is 1. The van der Waals surface area contributed by atoms with Gasteiger partial charge in [-0.2, -0.15) is 0 Å². The molecule has 18 heavy (non-hydrogen) atoms. The lowest BCUT2D eigenvalue weighted by molar-refractivity contribution is 0.157. The van der Waals surface area contributed by atoms with Crippen LogP contribution in [0.25, 0.3) is 0 Å². The van der Waals surface area contributed by atoms with Crippen molar-refractivity contribution in [2.45, 2.75) is 50.7 Å². The fourth-order valence-corrected chi connectivity index (χ4v) is 3.37. The van der Waals surface area contributed by atoms with E-state index in [1.165, 1.54) is 31.2 Å². The van der Waals surface area contributed by atoms with E-state index in [0.717, 1.165) is 4.47 Å². The summed E-state index contributed by atoms with van der Waals surface area (Å²) in [4.78, 5) is 2.49. The number of nitrogens with two attached hydrogens (primary N) is 1. The Balaban J connectivity index is 2.19. The van der Waals surface area contributed by atoms with Crippen LogP contribution in [0.3, 0.4) is 0 Å². The lowest BCUT2D eigenvalue weighted by atomic mass is 9.98. The van der Waals surface area contributed by atoms with Crippen LogP contribution in [-0.4, -0.2) is 24.0 Å². The first kappa shape index (κ1) is 14.0. The van der Waals surface area contributed by atoms with Gasteiger partial charge in [0.2, 0.25) is 0 Å². The van der Waals surface area contributed by atoms with Crippen LogP contribution >= 0.6 is 15.9 Å². The topological polar surface area (TPSA) is 29.3 Å². The molecule has 1 saturated carbocycles. The van der Waals surface area contributed by atoms with E-state index in [0.29, 0.717) is 12.1 Å². The van der Waals surface area contributed by atoms with Crippen molar-refractivity contribution in [2.24, 2.45) is 5.73 Å². The summed E-state index contributed by atoms with van der Waals surface area (Å²) in [5, 5.41) is 0. The van der Waals surface area contributed by atoms with E-state index in [9.17, 15) is 0 Å². The lowest BCUT2D eigenvalue weighted by Crippen LogP contribution is -2.41. The molecule has 1 aromatic rings. The van der Waals surface area contributed by atoms with Gasteiger partial charge in [-0.05, 0) is 44.5 Å². The fraction of sp³-hybridized carbons (Fsp3) is 0.600. The molecule has 0 aliphatic heterocycles. The number of likely N-dealkylation sites (N-methyl/N-ethyl adjacent to an activating group) is 1. The summed E-state index contributed by atoms with van der Waals surface area (Å²) < 4.78 is 1.12. The van der Waals surface area contributed by atoms with Crippen molar-refractivity contribution >= 4 is 15.9 Å². The second-order valence-electron chi connectivity index (χ2n) is 5.46. The number of hydrogen-bond donors (Lipinski definition) is 1. The Morgan fingerprint density at radius 2 is 1.78 bits per heavy atom. The van der Waals surface area contributed by atoms with Crippen molar-refractivity contribution < 1.29 is 0 Å². The highest BCUT2D eigenvalue weighted by atomic mass is 79.9. The van der Waals surface area contributed by atoms with E-state index >= 15 is 0 Å². The van der Waals surface area contributed by atoms with Gasteiger partial charge < -0.3 is 5.73 Å². The van der Waals surface area contributed by atoms with Crippen molar-refractivity contribution in [3.8, 4) is 0 Å². The molecule has 0 heterocycles. The van der Waals surface area contributed by atoms with E-state index in [2.05, 4.69) is 59.1 Å². The highest BCUT2D eigenvalue weighted by Gasteiger charge is 2.28. The monoisotopic (exact) mass is 310 g/mol. The second-order valence-corrected chi connectivity index (χ2v) is 6.37. The molecule has 2 atom stereocenters. The summed E-state index contributed by atoms with van der Waals surface area (Å²) in [5.74, 6) is 0. The molecule has 3 heteroatoms. The van der Waals surface area contributed by atoms with Gasteiger partial charge in [-0.3, -0.25) is 4.90 Å². The van der Waals surface area contributed by atoms with Crippen LogP contribution in [0.1, 0.15) is 44.2 Å². The molecule has 0 aromatic heterocycles. The quantitative estimate of drug-likeness (QED) is 0.918. The molecule has 100 valence electrons. The summed E-state index contributed by atoms with van der Waals surface area (Å²) in [5.41, 5.74) is 7.54. The molecule has 2 unspecified atom stereocenters. The maximum absolute atomic E-state index is 6.22. The number of halogens is 1. The molecule has 1 aromatic carbocycles. The predicted octanol–water partition coefficient (Wildman–Crippen LogP) is 3.71. The largest absolute Gasteiger partial charge is 0.326 e. The van der Waals surface area contributed by atoms with E-state index in [4.69, 9.17) is 5.73 Å². The van der Waals surface area contributed by atoms with E-state index in [1.54, 1.807) is 0 Å². The molecular weight excluding hydrogens is 288 g/mol. The molecule has 0 amide bonds. The van der Waals surface area contributed by atoms with Crippen molar-refractivity contribution in [1.82, 2.24) is 4.90 Å². The van der Waals surface area contributed by atoms with Gasteiger partial charge in [-0.15, -0.1) is 0 Å². The average molecular weight is 311 g/mol. The van der Waals surface area contributed by atoms with Gasteiger partial charge in [0.25, 0.3) is 0 Å². The van der Waals surface area contributed by atoms with Crippen LogP contribution < -0.4 is 5.73 Å². The van der Waals surface area contributed by atoms with Crippen LogP contribution in [-0.2, 0) is 0 Å². The minimum Gasteiger partial charge on any atom is -0.326 e. The van der Waals surface area contributed by atoms with Gasteiger partial charge in [-0.25, -0.2) is 0 Å². The fourth-order valence-electron chi connectivity index (χ4n) is 3.11. The van der Waals surface area contributed by atoms with Gasteiger partial charge in [0.15, 0.2) is 0 Å². The van der Waals surface area contributed by atoms with Crippen LogP contribution in [0.2, 0.25) is 0 Å². The zero-order valence-electron chi connectivity index (χ0n) is 11.3. The summed E-state index contributed by atoms with van der Waals surface area (Å²) in [7, 11) is 2.23. The molecule has 1 aliphatic rings. The SMILES string of the molecule is CC(N)C(c1ccc(Br)cc1)N(C)C1CCCC1. The third-order valence-corrected chi connectivity index (χ3v) is 4.58. The van der Waals surface area contributed by atoms with Crippen LogP contribution in [0.4, 0.5) is 0 Å². The molecule has 0 bridgehead atoms. The molecule has 1 aliphatic carbocycles. The van der Waals surface area contributed by atoms with E-state index < -0.39 is 0 Å². The number of benzene rings is 1. The Bertz CT molecular complexity index is 369. The molecule has 0 spiro atoms. The van der Waals surface area contributed by atoms with Gasteiger partial charge >= 0.3 is 0 Å². The predicted molar refractivity (Wildman–Crippen MR) is 80.6 cm³/mol. The van der Waals surface area contributed by atoms with Gasteiger partial charge in [0.05, 0.1) is 0 Å². The second kappa shape index (κ2) is 6.18.